The summed E-state index contributed by atoms with van der Waals surface area (Å²) in [6.45, 7) is 0. The molecule has 0 bridgehead atoms. The number of nitrogens with zero attached hydrogens (tertiary/aromatic N) is 3. The van der Waals surface area contributed by atoms with Crippen molar-refractivity contribution >= 4 is 76.6 Å². The van der Waals surface area contributed by atoms with E-state index in [-0.39, 0.29) is 0 Å². The van der Waals surface area contributed by atoms with Gasteiger partial charge in [-0.05, 0) is 65.0 Å². The first-order valence-corrected chi connectivity index (χ1v) is 18.3. The maximum atomic E-state index is 6.56. The number of rotatable bonds is 4. The zero-order valence-electron chi connectivity index (χ0n) is 29.2. The molecule has 0 aliphatic carbocycles. The lowest BCUT2D eigenvalue weighted by Gasteiger charge is -2.12. The van der Waals surface area contributed by atoms with Crippen molar-refractivity contribution in [3.8, 4) is 45.3 Å². The van der Waals surface area contributed by atoms with Crippen molar-refractivity contribution in [3.05, 3.63) is 164 Å². The van der Waals surface area contributed by atoms with Crippen LogP contribution in [-0.4, -0.2) is 15.0 Å². The Morgan fingerprint density at radius 3 is 1.31 bits per heavy atom. The first-order valence-electron chi connectivity index (χ1n) is 18.3. The van der Waals surface area contributed by atoms with E-state index in [2.05, 4.69) is 78.9 Å². The van der Waals surface area contributed by atoms with Crippen molar-refractivity contribution in [3.63, 3.8) is 0 Å². The summed E-state index contributed by atoms with van der Waals surface area (Å²) in [7, 11) is 0. The van der Waals surface area contributed by atoms with Gasteiger partial charge in [0.25, 0.3) is 0 Å². The Bertz CT molecular complexity index is 3370. The molecule has 0 radical (unpaired) electrons. The minimum absolute atomic E-state index is 0.502. The first-order chi connectivity index (χ1) is 27.2. The van der Waals surface area contributed by atoms with Crippen LogP contribution in [0.1, 0.15) is 0 Å². The minimum Gasteiger partial charge on any atom is -0.455 e. The number of hydrogen-bond donors (Lipinski definition) is 0. The zero-order valence-corrected chi connectivity index (χ0v) is 29.2. The fraction of sp³-hybridized carbons (Fsp3) is 0. The van der Waals surface area contributed by atoms with Gasteiger partial charge in [0.2, 0.25) is 0 Å². The van der Waals surface area contributed by atoms with E-state index in [9.17, 15) is 0 Å². The molecule has 4 aromatic heterocycles. The minimum atomic E-state index is 0.502. The van der Waals surface area contributed by atoms with Gasteiger partial charge in [-0.1, -0.05) is 115 Å². The Morgan fingerprint density at radius 1 is 0.273 bits per heavy atom. The van der Waals surface area contributed by atoms with E-state index in [1.54, 1.807) is 0 Å². The number of para-hydroxylation sites is 5. The zero-order chi connectivity index (χ0) is 36.0. The van der Waals surface area contributed by atoms with Gasteiger partial charge in [0, 0.05) is 43.3 Å². The molecule has 0 aliphatic heterocycles. The lowest BCUT2D eigenvalue weighted by atomic mass is 9.95. The van der Waals surface area contributed by atoms with E-state index in [0.29, 0.717) is 17.5 Å². The third kappa shape index (κ3) is 4.52. The van der Waals surface area contributed by atoms with Crippen LogP contribution >= 0.6 is 0 Å². The Balaban J connectivity index is 1.20. The molecule has 0 saturated carbocycles. The molecule has 0 aliphatic rings. The highest BCUT2D eigenvalue weighted by Gasteiger charge is 2.23. The van der Waals surface area contributed by atoms with Crippen LogP contribution in [0.15, 0.2) is 177 Å². The standard InChI is InChI=1S/C49H27N3O3/c1-2-12-28(13-3-1)29-24-25-35-38(26-29)40(27-39-32-16-6-9-23-43(32)55-46(35)39)49-51-47(36-19-10-17-33-30-14-4-7-21-41(30)53-44(33)36)50-48(52-49)37-20-11-18-34-31-15-5-8-22-42(31)54-45(34)37/h1-27H. The largest absolute Gasteiger partial charge is 0.455 e. The number of furan rings is 3. The van der Waals surface area contributed by atoms with Gasteiger partial charge in [-0.15, -0.1) is 0 Å². The second-order valence-electron chi connectivity index (χ2n) is 13.9. The van der Waals surface area contributed by atoms with Gasteiger partial charge in [0.15, 0.2) is 17.5 Å². The maximum absolute atomic E-state index is 6.56. The van der Waals surface area contributed by atoms with Crippen molar-refractivity contribution in [1.29, 1.82) is 0 Å². The Labute approximate surface area is 312 Å². The van der Waals surface area contributed by atoms with E-state index in [0.717, 1.165) is 104 Å². The van der Waals surface area contributed by atoms with Crippen LogP contribution < -0.4 is 0 Å². The number of hydrogen-bond acceptors (Lipinski definition) is 6. The van der Waals surface area contributed by atoms with Gasteiger partial charge in [-0.3, -0.25) is 0 Å². The van der Waals surface area contributed by atoms with Crippen LogP contribution in [0.3, 0.4) is 0 Å². The molecule has 6 heteroatoms. The van der Waals surface area contributed by atoms with Crippen LogP contribution in [0.4, 0.5) is 0 Å². The highest BCUT2D eigenvalue weighted by atomic mass is 16.3. The normalized spacial score (nSPS) is 12.0. The van der Waals surface area contributed by atoms with Crippen LogP contribution in [0.2, 0.25) is 0 Å². The maximum Gasteiger partial charge on any atom is 0.167 e. The van der Waals surface area contributed by atoms with Crippen LogP contribution in [0.5, 0.6) is 0 Å². The molecule has 12 aromatic rings. The third-order valence-electron chi connectivity index (χ3n) is 10.8. The van der Waals surface area contributed by atoms with E-state index in [1.807, 2.05) is 84.9 Å². The molecule has 12 rings (SSSR count). The number of benzene rings is 8. The van der Waals surface area contributed by atoms with Gasteiger partial charge in [-0.25, -0.2) is 15.0 Å². The molecule has 0 amide bonds. The molecule has 0 atom stereocenters. The first kappa shape index (κ1) is 29.9. The average molecular weight is 706 g/mol. The molecule has 0 fully saturated rings. The summed E-state index contributed by atoms with van der Waals surface area (Å²) in [5, 5.41) is 8.05. The highest BCUT2D eigenvalue weighted by molar-refractivity contribution is 6.19. The fourth-order valence-electron chi connectivity index (χ4n) is 8.17. The summed E-state index contributed by atoms with van der Waals surface area (Å²) in [6.07, 6.45) is 0. The van der Waals surface area contributed by atoms with Crippen LogP contribution in [0.25, 0.3) is 122 Å². The van der Waals surface area contributed by atoms with Gasteiger partial charge in [-0.2, -0.15) is 0 Å². The van der Waals surface area contributed by atoms with Gasteiger partial charge >= 0.3 is 0 Å². The molecule has 0 N–H and O–H groups in total. The molecule has 0 spiro atoms. The summed E-state index contributed by atoms with van der Waals surface area (Å²) in [4.78, 5) is 15.9. The Kier molecular flexibility index (Phi) is 6.24. The third-order valence-corrected chi connectivity index (χ3v) is 10.8. The number of fused-ring (bicyclic) bond motifs is 11. The van der Waals surface area contributed by atoms with E-state index in [1.165, 1.54) is 0 Å². The van der Waals surface area contributed by atoms with E-state index < -0.39 is 0 Å². The second-order valence-corrected chi connectivity index (χ2v) is 13.9. The molecule has 55 heavy (non-hydrogen) atoms. The van der Waals surface area contributed by atoms with Crippen molar-refractivity contribution in [1.82, 2.24) is 15.0 Å². The van der Waals surface area contributed by atoms with Crippen molar-refractivity contribution < 1.29 is 13.3 Å². The second kappa shape index (κ2) is 11.5. The van der Waals surface area contributed by atoms with Crippen molar-refractivity contribution in [2.75, 3.05) is 0 Å². The summed E-state index contributed by atoms with van der Waals surface area (Å²) in [5.41, 5.74) is 9.34. The summed E-state index contributed by atoms with van der Waals surface area (Å²) in [5.74, 6) is 1.54. The van der Waals surface area contributed by atoms with Gasteiger partial charge in [0.05, 0.1) is 11.1 Å². The molecule has 6 nitrogen and oxygen atoms in total. The predicted molar refractivity (Wildman–Crippen MR) is 221 cm³/mol. The Morgan fingerprint density at radius 2 is 0.727 bits per heavy atom. The van der Waals surface area contributed by atoms with Crippen molar-refractivity contribution in [2.45, 2.75) is 0 Å². The predicted octanol–water partition coefficient (Wildman–Crippen LogP) is 13.4. The van der Waals surface area contributed by atoms with Gasteiger partial charge in [0.1, 0.15) is 33.5 Å². The van der Waals surface area contributed by atoms with E-state index >= 15 is 0 Å². The molecule has 8 aromatic carbocycles. The molecular formula is C49H27N3O3. The molecule has 4 heterocycles. The van der Waals surface area contributed by atoms with Crippen molar-refractivity contribution in [2.24, 2.45) is 0 Å². The number of aromatic nitrogens is 3. The monoisotopic (exact) mass is 705 g/mol. The summed E-state index contributed by atoms with van der Waals surface area (Å²) in [6, 6.07) is 55.7. The average Bonchev–Trinajstić information content (AvgIpc) is 3.95. The fourth-order valence-corrected chi connectivity index (χ4v) is 8.17. The van der Waals surface area contributed by atoms with Gasteiger partial charge < -0.3 is 13.3 Å². The lowest BCUT2D eigenvalue weighted by molar-refractivity contribution is 0.669. The molecule has 0 unspecified atom stereocenters. The highest BCUT2D eigenvalue weighted by Crippen LogP contribution is 2.43. The molecular weight excluding hydrogens is 679 g/mol. The topological polar surface area (TPSA) is 78.1 Å². The van der Waals surface area contributed by atoms with Crippen LogP contribution in [-0.2, 0) is 0 Å². The van der Waals surface area contributed by atoms with E-state index in [4.69, 9.17) is 28.2 Å². The lowest BCUT2D eigenvalue weighted by Crippen LogP contribution is -2.01. The van der Waals surface area contributed by atoms with Crippen LogP contribution in [0, 0.1) is 0 Å². The molecule has 0 saturated heterocycles. The summed E-state index contributed by atoms with van der Waals surface area (Å²) >= 11 is 0. The Hall–Kier alpha value is -7.57. The summed E-state index contributed by atoms with van der Waals surface area (Å²) < 4.78 is 19.6. The smallest absolute Gasteiger partial charge is 0.167 e. The molecule has 256 valence electrons. The quantitative estimate of drug-likeness (QED) is 0.181. The SMILES string of the molecule is c1ccc(-c2ccc3c(c2)c(-c2nc(-c4cccc5c4oc4ccccc45)nc(-c4cccc5c4oc4ccccc45)n2)cc2c4ccccc4oc32)cc1.